The second-order valence-corrected chi connectivity index (χ2v) is 8.28. The van der Waals surface area contributed by atoms with E-state index in [9.17, 15) is 4.79 Å². The van der Waals surface area contributed by atoms with Crippen LogP contribution >= 0.6 is 0 Å². The third-order valence-corrected chi connectivity index (χ3v) is 6.69. The van der Waals surface area contributed by atoms with E-state index in [1.165, 1.54) is 25.7 Å². The lowest BCUT2D eigenvalue weighted by atomic mass is 9.78. The third kappa shape index (κ3) is 4.32. The normalized spacial score (nSPS) is 25.3. The molecule has 3 aliphatic rings. The van der Waals surface area contributed by atoms with E-state index in [-0.39, 0.29) is 17.3 Å². The molecule has 0 aromatic carbocycles. The average molecular weight is 373 g/mol. The Labute approximate surface area is 161 Å². The molecule has 0 N–H and O–H groups in total. The summed E-state index contributed by atoms with van der Waals surface area (Å²) in [4.78, 5) is 22.6. The lowest BCUT2D eigenvalue weighted by Gasteiger charge is -2.42. The Hall–Kier alpha value is -1.53. The zero-order valence-electron chi connectivity index (χ0n) is 16.1. The second kappa shape index (κ2) is 8.65. The van der Waals surface area contributed by atoms with Crippen molar-refractivity contribution in [3.8, 4) is 0 Å². The fraction of sp³-hybridized carbons (Fsp3) is 0.762. The van der Waals surface area contributed by atoms with Crippen molar-refractivity contribution in [2.45, 2.75) is 57.0 Å². The minimum Gasteiger partial charge on any atom is -0.381 e. The van der Waals surface area contributed by atoms with Crippen molar-refractivity contribution in [3.63, 3.8) is 0 Å². The first-order valence-electron chi connectivity index (χ1n) is 10.5. The molecule has 27 heavy (non-hydrogen) atoms. The van der Waals surface area contributed by atoms with Gasteiger partial charge in [0, 0.05) is 45.3 Å². The van der Waals surface area contributed by atoms with E-state index < -0.39 is 0 Å². The first-order valence-corrected chi connectivity index (χ1v) is 10.5. The molecule has 6 heteroatoms. The van der Waals surface area contributed by atoms with Gasteiger partial charge in [0.05, 0.1) is 5.60 Å². The summed E-state index contributed by atoms with van der Waals surface area (Å²) in [6.07, 6.45) is 12.6. The van der Waals surface area contributed by atoms with Crippen LogP contribution in [0.4, 0.5) is 0 Å². The molecule has 1 amide bonds. The second-order valence-electron chi connectivity index (χ2n) is 8.28. The molecule has 4 rings (SSSR count). The van der Waals surface area contributed by atoms with E-state index in [0.717, 1.165) is 64.5 Å². The third-order valence-electron chi connectivity index (χ3n) is 6.69. The Bertz CT molecular complexity index is 610. The lowest BCUT2D eigenvalue weighted by Crippen LogP contribution is -2.49. The lowest BCUT2D eigenvalue weighted by molar-refractivity contribution is -0.0677. The number of aromatic nitrogens is 2. The molecule has 3 fully saturated rings. The van der Waals surface area contributed by atoms with Crippen molar-refractivity contribution < 1.29 is 14.3 Å². The van der Waals surface area contributed by atoms with Crippen LogP contribution in [0, 0.1) is 11.8 Å². The maximum Gasteiger partial charge on any atom is 0.291 e. The molecule has 1 unspecified atom stereocenters. The summed E-state index contributed by atoms with van der Waals surface area (Å²) >= 11 is 0. The number of hydrogen-bond acceptors (Lipinski definition) is 5. The van der Waals surface area contributed by atoms with Crippen LogP contribution in [0.3, 0.4) is 0 Å². The van der Waals surface area contributed by atoms with E-state index in [2.05, 4.69) is 9.97 Å². The Morgan fingerprint density at radius 2 is 1.93 bits per heavy atom. The van der Waals surface area contributed by atoms with Crippen LogP contribution in [0.2, 0.25) is 0 Å². The number of amides is 1. The van der Waals surface area contributed by atoms with Gasteiger partial charge in [-0.15, -0.1) is 0 Å². The molecule has 2 saturated heterocycles. The van der Waals surface area contributed by atoms with Crippen molar-refractivity contribution in [1.82, 2.24) is 14.9 Å². The molecule has 1 aromatic heterocycles. The van der Waals surface area contributed by atoms with Crippen molar-refractivity contribution in [1.29, 1.82) is 0 Å². The summed E-state index contributed by atoms with van der Waals surface area (Å²) in [5.41, 5.74) is -0.0644. The van der Waals surface area contributed by atoms with Crippen LogP contribution in [0.25, 0.3) is 0 Å². The molecule has 1 aromatic rings. The van der Waals surface area contributed by atoms with E-state index in [1.54, 1.807) is 18.5 Å². The number of hydrogen-bond donors (Lipinski definition) is 0. The number of piperidine rings is 1. The summed E-state index contributed by atoms with van der Waals surface area (Å²) in [6, 6.07) is 1.73. The summed E-state index contributed by atoms with van der Waals surface area (Å²) in [5.74, 6) is 1.55. The average Bonchev–Trinajstić information content (AvgIpc) is 3.37. The summed E-state index contributed by atoms with van der Waals surface area (Å²) in [5, 5.41) is 0. The van der Waals surface area contributed by atoms with E-state index in [4.69, 9.17) is 9.47 Å². The van der Waals surface area contributed by atoms with Crippen LogP contribution in [-0.4, -0.2) is 59.3 Å². The van der Waals surface area contributed by atoms with Crippen molar-refractivity contribution in [2.24, 2.45) is 11.8 Å². The molecule has 3 heterocycles. The van der Waals surface area contributed by atoms with Gasteiger partial charge in [-0.1, -0.05) is 12.8 Å². The molecule has 1 atom stereocenters. The topological polar surface area (TPSA) is 64.6 Å². The van der Waals surface area contributed by atoms with Crippen LogP contribution in [0.15, 0.2) is 18.5 Å². The predicted octanol–water partition coefficient (Wildman–Crippen LogP) is 3.08. The summed E-state index contributed by atoms with van der Waals surface area (Å²) < 4.78 is 12.2. The summed E-state index contributed by atoms with van der Waals surface area (Å²) in [7, 11) is 0. The Morgan fingerprint density at radius 1 is 1.19 bits per heavy atom. The minimum atomic E-state index is -0.0695. The molecular formula is C21H31N3O3. The molecule has 6 nitrogen and oxygen atoms in total. The van der Waals surface area contributed by atoms with Gasteiger partial charge < -0.3 is 14.4 Å². The maximum atomic E-state index is 12.6. The Balaban J connectivity index is 1.25. The van der Waals surface area contributed by atoms with Gasteiger partial charge in [0.25, 0.3) is 5.91 Å². The smallest absolute Gasteiger partial charge is 0.291 e. The van der Waals surface area contributed by atoms with Crippen LogP contribution in [0.1, 0.15) is 62.0 Å². The minimum absolute atomic E-state index is 0.0644. The van der Waals surface area contributed by atoms with Crippen LogP contribution in [-0.2, 0) is 9.47 Å². The Morgan fingerprint density at radius 3 is 2.67 bits per heavy atom. The number of carbonyl (C=O) groups is 1. The zero-order chi connectivity index (χ0) is 18.5. The first kappa shape index (κ1) is 18.8. The Kier molecular flexibility index (Phi) is 6.03. The highest BCUT2D eigenvalue weighted by molar-refractivity contribution is 5.90. The van der Waals surface area contributed by atoms with Gasteiger partial charge in [0.15, 0.2) is 0 Å². The largest absolute Gasteiger partial charge is 0.381 e. The SMILES string of the molecule is O=C(c1ncccn1)N1CCC2(CC1)OCCC2CCOCC1CCCC1. The van der Waals surface area contributed by atoms with Crippen molar-refractivity contribution in [3.05, 3.63) is 24.3 Å². The number of likely N-dealkylation sites (tertiary alicyclic amines) is 1. The molecule has 2 aliphatic heterocycles. The fourth-order valence-corrected chi connectivity index (χ4v) is 5.04. The molecule has 148 valence electrons. The molecule has 1 saturated carbocycles. The number of rotatable bonds is 6. The molecule has 1 aliphatic carbocycles. The predicted molar refractivity (Wildman–Crippen MR) is 101 cm³/mol. The number of carbonyl (C=O) groups excluding carboxylic acids is 1. The van der Waals surface area contributed by atoms with Crippen molar-refractivity contribution >= 4 is 5.91 Å². The van der Waals surface area contributed by atoms with E-state index in [0.29, 0.717) is 5.92 Å². The quantitative estimate of drug-likeness (QED) is 0.717. The molecular weight excluding hydrogens is 342 g/mol. The summed E-state index contributed by atoms with van der Waals surface area (Å²) in [6.45, 7) is 4.04. The standard InChI is InChI=1S/C21H31N3O3/c25-20(19-22-10-3-11-23-19)24-12-8-21(9-13-24)18(7-15-27-21)6-14-26-16-17-4-1-2-5-17/h3,10-11,17-18H,1-2,4-9,12-16H2. The van der Waals surface area contributed by atoms with Crippen molar-refractivity contribution in [2.75, 3.05) is 32.9 Å². The number of ether oxygens (including phenoxy) is 2. The van der Waals surface area contributed by atoms with E-state index >= 15 is 0 Å². The van der Waals surface area contributed by atoms with Crippen LogP contribution < -0.4 is 0 Å². The first-order chi connectivity index (χ1) is 13.3. The molecule has 1 spiro atoms. The molecule has 0 bridgehead atoms. The zero-order valence-corrected chi connectivity index (χ0v) is 16.1. The van der Waals surface area contributed by atoms with Gasteiger partial charge in [0.1, 0.15) is 0 Å². The van der Waals surface area contributed by atoms with Gasteiger partial charge in [0.2, 0.25) is 5.82 Å². The van der Waals surface area contributed by atoms with Gasteiger partial charge >= 0.3 is 0 Å². The highest BCUT2D eigenvalue weighted by atomic mass is 16.5. The van der Waals surface area contributed by atoms with Gasteiger partial charge in [-0.05, 0) is 56.4 Å². The highest BCUT2D eigenvalue weighted by Crippen LogP contribution is 2.42. The van der Waals surface area contributed by atoms with Gasteiger partial charge in [-0.3, -0.25) is 4.79 Å². The molecule has 0 radical (unpaired) electrons. The van der Waals surface area contributed by atoms with Gasteiger partial charge in [-0.25, -0.2) is 9.97 Å². The van der Waals surface area contributed by atoms with Crippen LogP contribution in [0.5, 0.6) is 0 Å². The fourth-order valence-electron chi connectivity index (χ4n) is 5.04. The van der Waals surface area contributed by atoms with E-state index in [1.807, 2.05) is 4.90 Å². The monoisotopic (exact) mass is 373 g/mol. The van der Waals surface area contributed by atoms with Gasteiger partial charge in [-0.2, -0.15) is 0 Å². The number of nitrogens with zero attached hydrogens (tertiary/aromatic N) is 3. The highest BCUT2D eigenvalue weighted by Gasteiger charge is 2.46. The maximum absolute atomic E-state index is 12.6.